The summed E-state index contributed by atoms with van der Waals surface area (Å²) < 4.78 is 0. The van der Waals surface area contributed by atoms with Crippen LogP contribution >= 0.6 is 0 Å². The first-order valence-corrected chi connectivity index (χ1v) is 6.41. The topological polar surface area (TPSA) is 38.9 Å². The highest BCUT2D eigenvalue weighted by Crippen LogP contribution is 2.36. The van der Waals surface area contributed by atoms with E-state index in [9.17, 15) is 0 Å². The molecule has 2 heteroatoms. The Hall–Kier alpha value is -0.890. The van der Waals surface area contributed by atoms with Gasteiger partial charge in [0.05, 0.1) is 0 Å². The van der Waals surface area contributed by atoms with Gasteiger partial charge in [0.1, 0.15) is 0 Å². The molecule has 1 aliphatic rings. The van der Waals surface area contributed by atoms with Crippen LogP contribution in [0.3, 0.4) is 0 Å². The van der Waals surface area contributed by atoms with E-state index in [-0.39, 0.29) is 5.41 Å². The fraction of sp³-hybridized carbons (Fsp3) is 0.643. The Morgan fingerprint density at radius 2 is 1.88 bits per heavy atom. The SMILES string of the molecule is Cc1cccc(C2(CN)CCCCCC2)n1. The predicted octanol–water partition coefficient (Wildman–Crippen LogP) is 2.94. The Kier molecular flexibility index (Phi) is 3.59. The number of nitrogens with two attached hydrogens (primary N) is 1. The van der Waals surface area contributed by atoms with Crippen molar-refractivity contribution in [2.75, 3.05) is 6.54 Å². The van der Waals surface area contributed by atoms with Crippen molar-refractivity contribution in [3.8, 4) is 0 Å². The molecule has 0 spiro atoms. The molecule has 1 aromatic heterocycles. The van der Waals surface area contributed by atoms with Gasteiger partial charge in [-0.25, -0.2) is 0 Å². The molecule has 0 atom stereocenters. The molecule has 88 valence electrons. The number of nitrogens with zero attached hydrogens (tertiary/aromatic N) is 1. The van der Waals surface area contributed by atoms with E-state index in [2.05, 4.69) is 25.1 Å². The highest BCUT2D eigenvalue weighted by Gasteiger charge is 2.32. The maximum absolute atomic E-state index is 6.05. The van der Waals surface area contributed by atoms with Gasteiger partial charge >= 0.3 is 0 Å². The zero-order chi connectivity index (χ0) is 11.4. The molecule has 1 aliphatic carbocycles. The van der Waals surface area contributed by atoms with E-state index >= 15 is 0 Å². The van der Waals surface area contributed by atoms with E-state index in [1.165, 1.54) is 44.2 Å². The molecular weight excluding hydrogens is 196 g/mol. The lowest BCUT2D eigenvalue weighted by Crippen LogP contribution is -2.35. The minimum atomic E-state index is 0.155. The Morgan fingerprint density at radius 3 is 2.44 bits per heavy atom. The van der Waals surface area contributed by atoms with Crippen LogP contribution in [0.5, 0.6) is 0 Å². The van der Waals surface area contributed by atoms with Gasteiger partial charge < -0.3 is 5.73 Å². The van der Waals surface area contributed by atoms with Gasteiger partial charge in [-0.2, -0.15) is 0 Å². The smallest absolute Gasteiger partial charge is 0.0481 e. The second-order valence-corrected chi connectivity index (χ2v) is 5.06. The third kappa shape index (κ3) is 2.27. The van der Waals surface area contributed by atoms with Crippen LogP contribution in [-0.2, 0) is 5.41 Å². The van der Waals surface area contributed by atoms with E-state index in [0.717, 1.165) is 12.2 Å². The third-order valence-electron chi connectivity index (χ3n) is 3.88. The lowest BCUT2D eigenvalue weighted by molar-refractivity contribution is 0.370. The van der Waals surface area contributed by atoms with Crippen molar-refractivity contribution in [1.29, 1.82) is 0 Å². The number of aromatic nitrogens is 1. The molecule has 16 heavy (non-hydrogen) atoms. The maximum Gasteiger partial charge on any atom is 0.0481 e. The van der Waals surface area contributed by atoms with Crippen molar-refractivity contribution < 1.29 is 0 Å². The normalized spacial score (nSPS) is 20.4. The molecule has 1 fully saturated rings. The quantitative estimate of drug-likeness (QED) is 0.775. The number of pyridine rings is 1. The summed E-state index contributed by atoms with van der Waals surface area (Å²) in [5.41, 5.74) is 8.53. The van der Waals surface area contributed by atoms with Crippen molar-refractivity contribution in [1.82, 2.24) is 4.98 Å². The Morgan fingerprint density at radius 1 is 1.19 bits per heavy atom. The van der Waals surface area contributed by atoms with Gasteiger partial charge in [-0.15, -0.1) is 0 Å². The minimum absolute atomic E-state index is 0.155. The summed E-state index contributed by atoms with van der Waals surface area (Å²) in [6.07, 6.45) is 7.72. The molecular formula is C14H22N2. The first kappa shape index (κ1) is 11.6. The molecule has 0 radical (unpaired) electrons. The summed E-state index contributed by atoms with van der Waals surface area (Å²) in [7, 11) is 0. The largest absolute Gasteiger partial charge is 0.330 e. The van der Waals surface area contributed by atoms with Crippen LogP contribution in [0.2, 0.25) is 0 Å². The van der Waals surface area contributed by atoms with E-state index in [0.29, 0.717) is 0 Å². The summed E-state index contributed by atoms with van der Waals surface area (Å²) in [6, 6.07) is 6.33. The number of aryl methyl sites for hydroxylation is 1. The van der Waals surface area contributed by atoms with Crippen molar-refractivity contribution >= 4 is 0 Å². The first-order chi connectivity index (χ1) is 7.77. The average Bonchev–Trinajstić information content (AvgIpc) is 2.55. The molecule has 0 unspecified atom stereocenters. The van der Waals surface area contributed by atoms with Crippen LogP contribution in [-0.4, -0.2) is 11.5 Å². The molecule has 0 aromatic carbocycles. The highest BCUT2D eigenvalue weighted by molar-refractivity contribution is 5.20. The Balaban J connectivity index is 2.31. The minimum Gasteiger partial charge on any atom is -0.330 e. The lowest BCUT2D eigenvalue weighted by Gasteiger charge is -2.31. The summed E-state index contributed by atoms with van der Waals surface area (Å²) in [4.78, 5) is 4.70. The van der Waals surface area contributed by atoms with Gasteiger partial charge in [0, 0.05) is 23.3 Å². The number of hydrogen-bond donors (Lipinski definition) is 1. The standard InChI is InChI=1S/C14H22N2/c1-12-7-6-8-13(16-12)14(11-15)9-4-2-3-5-10-14/h6-8H,2-5,9-11,15H2,1H3. The van der Waals surface area contributed by atoms with Crippen LogP contribution in [0.4, 0.5) is 0 Å². The third-order valence-corrected chi connectivity index (χ3v) is 3.88. The van der Waals surface area contributed by atoms with Gasteiger partial charge in [-0.05, 0) is 31.9 Å². The van der Waals surface area contributed by atoms with Gasteiger partial charge in [0.25, 0.3) is 0 Å². The molecule has 2 rings (SSSR count). The van der Waals surface area contributed by atoms with E-state index in [1.54, 1.807) is 0 Å². The first-order valence-electron chi connectivity index (χ1n) is 6.41. The molecule has 0 saturated heterocycles. The predicted molar refractivity (Wildman–Crippen MR) is 67.4 cm³/mol. The van der Waals surface area contributed by atoms with Gasteiger partial charge in [-0.1, -0.05) is 31.7 Å². The van der Waals surface area contributed by atoms with Crippen molar-refractivity contribution in [2.24, 2.45) is 5.73 Å². The summed E-state index contributed by atoms with van der Waals surface area (Å²) in [5, 5.41) is 0. The van der Waals surface area contributed by atoms with Crippen molar-refractivity contribution in [3.63, 3.8) is 0 Å². The summed E-state index contributed by atoms with van der Waals surface area (Å²) >= 11 is 0. The molecule has 0 bridgehead atoms. The van der Waals surface area contributed by atoms with E-state index in [4.69, 9.17) is 10.7 Å². The molecule has 2 N–H and O–H groups in total. The van der Waals surface area contributed by atoms with Crippen molar-refractivity contribution in [2.45, 2.75) is 50.9 Å². The molecule has 1 aromatic rings. The van der Waals surface area contributed by atoms with Crippen LogP contribution in [0.25, 0.3) is 0 Å². The Bertz CT molecular complexity index is 338. The number of rotatable bonds is 2. The van der Waals surface area contributed by atoms with Crippen molar-refractivity contribution in [3.05, 3.63) is 29.6 Å². The van der Waals surface area contributed by atoms with Crippen LogP contribution in [0, 0.1) is 6.92 Å². The zero-order valence-corrected chi connectivity index (χ0v) is 10.2. The molecule has 0 amide bonds. The highest BCUT2D eigenvalue weighted by atomic mass is 14.8. The average molecular weight is 218 g/mol. The zero-order valence-electron chi connectivity index (χ0n) is 10.2. The van der Waals surface area contributed by atoms with Crippen LogP contribution in [0.15, 0.2) is 18.2 Å². The summed E-state index contributed by atoms with van der Waals surface area (Å²) in [6.45, 7) is 2.80. The lowest BCUT2D eigenvalue weighted by atomic mass is 9.77. The second-order valence-electron chi connectivity index (χ2n) is 5.06. The fourth-order valence-electron chi connectivity index (χ4n) is 2.81. The van der Waals surface area contributed by atoms with Gasteiger partial charge in [0.2, 0.25) is 0 Å². The second kappa shape index (κ2) is 4.96. The molecule has 0 aliphatic heterocycles. The fourth-order valence-corrected chi connectivity index (χ4v) is 2.81. The molecule has 1 heterocycles. The van der Waals surface area contributed by atoms with E-state index in [1.807, 2.05) is 0 Å². The van der Waals surface area contributed by atoms with Crippen LogP contribution < -0.4 is 5.73 Å². The molecule has 2 nitrogen and oxygen atoms in total. The summed E-state index contributed by atoms with van der Waals surface area (Å²) in [5.74, 6) is 0. The Labute approximate surface area is 98.3 Å². The van der Waals surface area contributed by atoms with Crippen LogP contribution in [0.1, 0.15) is 49.9 Å². The maximum atomic E-state index is 6.05. The van der Waals surface area contributed by atoms with Gasteiger partial charge in [-0.3, -0.25) is 4.98 Å². The number of hydrogen-bond acceptors (Lipinski definition) is 2. The monoisotopic (exact) mass is 218 g/mol. The van der Waals surface area contributed by atoms with E-state index < -0.39 is 0 Å². The molecule has 1 saturated carbocycles. The van der Waals surface area contributed by atoms with Gasteiger partial charge in [0.15, 0.2) is 0 Å².